The summed E-state index contributed by atoms with van der Waals surface area (Å²) in [5.74, 6) is 0.441. The van der Waals surface area contributed by atoms with Gasteiger partial charge < -0.3 is 5.11 Å². The molecular weight excluding hydrogens is 186 g/mol. The van der Waals surface area contributed by atoms with Crippen molar-refractivity contribution in [1.29, 1.82) is 0 Å². The molecule has 86 valence electrons. The van der Waals surface area contributed by atoms with Crippen LogP contribution in [0.4, 0.5) is 0 Å². The minimum atomic E-state index is -0.789. The molecule has 1 heterocycles. The monoisotopic (exact) mass is 209 g/mol. The van der Waals surface area contributed by atoms with Crippen LogP contribution >= 0.6 is 0 Å². The maximum Gasteiger partial charge on any atom is 0.0855 e. The molecule has 0 amide bonds. The Kier molecular flexibility index (Phi) is 5.51. The third kappa shape index (κ3) is 4.43. The lowest BCUT2D eigenvalue weighted by Crippen LogP contribution is -2.15. The summed E-state index contributed by atoms with van der Waals surface area (Å²) in [6, 6.07) is 3.90. The average molecular weight is 209 g/mol. The number of nitrogens with zero attached hydrogens (tertiary/aromatic N) is 1. The molecule has 0 aromatic carbocycles. The van der Waals surface area contributed by atoms with Gasteiger partial charge in [-0.25, -0.2) is 0 Å². The maximum absolute atomic E-state index is 9.68. The SMILES string of the molecule is CC.CC(C)c1ccc(C(C)(C)O)cn1. The number of hydrogen-bond donors (Lipinski definition) is 1. The van der Waals surface area contributed by atoms with Gasteiger partial charge in [-0.1, -0.05) is 33.8 Å². The lowest BCUT2D eigenvalue weighted by Gasteiger charge is -2.17. The second kappa shape index (κ2) is 5.86. The van der Waals surface area contributed by atoms with E-state index in [2.05, 4.69) is 18.8 Å². The van der Waals surface area contributed by atoms with Gasteiger partial charge in [0.05, 0.1) is 5.60 Å². The van der Waals surface area contributed by atoms with Crippen molar-refractivity contribution in [2.75, 3.05) is 0 Å². The van der Waals surface area contributed by atoms with Gasteiger partial charge in [-0.2, -0.15) is 0 Å². The largest absolute Gasteiger partial charge is 0.386 e. The molecule has 1 N–H and O–H groups in total. The summed E-state index contributed by atoms with van der Waals surface area (Å²) < 4.78 is 0. The Bertz CT molecular complexity index is 270. The van der Waals surface area contributed by atoms with Gasteiger partial charge in [-0.05, 0) is 25.8 Å². The van der Waals surface area contributed by atoms with Crippen molar-refractivity contribution in [1.82, 2.24) is 4.98 Å². The van der Waals surface area contributed by atoms with Crippen LogP contribution in [0.3, 0.4) is 0 Å². The normalized spacial score (nSPS) is 10.9. The minimum Gasteiger partial charge on any atom is -0.386 e. The smallest absolute Gasteiger partial charge is 0.0855 e. The first-order valence-corrected chi connectivity index (χ1v) is 5.60. The van der Waals surface area contributed by atoms with E-state index >= 15 is 0 Å². The van der Waals surface area contributed by atoms with Crippen LogP contribution in [0.15, 0.2) is 18.3 Å². The number of aliphatic hydroxyl groups is 1. The van der Waals surface area contributed by atoms with Gasteiger partial charge >= 0.3 is 0 Å². The molecule has 0 aliphatic carbocycles. The molecule has 1 rings (SSSR count). The quantitative estimate of drug-likeness (QED) is 0.809. The van der Waals surface area contributed by atoms with Gasteiger partial charge in [0.25, 0.3) is 0 Å². The number of hydrogen-bond acceptors (Lipinski definition) is 2. The second-order valence-corrected chi connectivity index (χ2v) is 4.19. The zero-order valence-corrected chi connectivity index (χ0v) is 10.7. The molecule has 0 atom stereocenters. The van der Waals surface area contributed by atoms with Crippen molar-refractivity contribution < 1.29 is 5.11 Å². The molecule has 1 aromatic rings. The highest BCUT2D eigenvalue weighted by Gasteiger charge is 2.15. The zero-order valence-electron chi connectivity index (χ0n) is 10.7. The molecule has 0 unspecified atom stereocenters. The van der Waals surface area contributed by atoms with Gasteiger partial charge in [0.1, 0.15) is 0 Å². The van der Waals surface area contributed by atoms with E-state index in [0.29, 0.717) is 5.92 Å². The van der Waals surface area contributed by atoms with Gasteiger partial charge in [-0.3, -0.25) is 4.98 Å². The van der Waals surface area contributed by atoms with Crippen LogP contribution in [0.5, 0.6) is 0 Å². The van der Waals surface area contributed by atoms with Crippen LogP contribution in [0.1, 0.15) is 58.7 Å². The Morgan fingerprint density at radius 3 is 2.00 bits per heavy atom. The van der Waals surface area contributed by atoms with E-state index in [9.17, 15) is 5.11 Å². The van der Waals surface area contributed by atoms with E-state index in [1.54, 1.807) is 20.0 Å². The van der Waals surface area contributed by atoms with Gasteiger partial charge in [0.15, 0.2) is 0 Å². The lowest BCUT2D eigenvalue weighted by molar-refractivity contribution is 0.0782. The van der Waals surface area contributed by atoms with E-state index in [1.807, 2.05) is 26.0 Å². The first-order valence-electron chi connectivity index (χ1n) is 5.60. The summed E-state index contributed by atoms with van der Waals surface area (Å²) in [6.07, 6.45) is 1.75. The Hall–Kier alpha value is -0.890. The summed E-state index contributed by atoms with van der Waals surface area (Å²) in [6.45, 7) is 11.7. The summed E-state index contributed by atoms with van der Waals surface area (Å²) in [5, 5.41) is 9.68. The number of aromatic nitrogens is 1. The molecule has 2 nitrogen and oxygen atoms in total. The molecule has 0 radical (unpaired) electrons. The van der Waals surface area contributed by atoms with Crippen LogP contribution in [0.2, 0.25) is 0 Å². The topological polar surface area (TPSA) is 33.1 Å². The van der Waals surface area contributed by atoms with E-state index < -0.39 is 5.60 Å². The molecule has 0 aliphatic heterocycles. The Morgan fingerprint density at radius 1 is 1.20 bits per heavy atom. The van der Waals surface area contributed by atoms with Crippen LogP contribution in [-0.2, 0) is 5.60 Å². The molecule has 15 heavy (non-hydrogen) atoms. The van der Waals surface area contributed by atoms with E-state index in [4.69, 9.17) is 0 Å². The van der Waals surface area contributed by atoms with Gasteiger partial charge in [0, 0.05) is 17.5 Å². The van der Waals surface area contributed by atoms with E-state index in [0.717, 1.165) is 11.3 Å². The fourth-order valence-corrected chi connectivity index (χ4v) is 1.11. The highest BCUT2D eigenvalue weighted by atomic mass is 16.3. The molecular formula is C13H23NO. The summed E-state index contributed by atoms with van der Waals surface area (Å²) in [5.41, 5.74) is 1.13. The van der Waals surface area contributed by atoms with Crippen molar-refractivity contribution in [3.8, 4) is 0 Å². The molecule has 0 aliphatic rings. The predicted molar refractivity (Wildman–Crippen MR) is 64.9 cm³/mol. The zero-order chi connectivity index (χ0) is 12.1. The molecule has 0 saturated heterocycles. The van der Waals surface area contributed by atoms with Gasteiger partial charge in [-0.15, -0.1) is 0 Å². The van der Waals surface area contributed by atoms with Crippen LogP contribution in [0.25, 0.3) is 0 Å². The van der Waals surface area contributed by atoms with Crippen molar-refractivity contribution in [2.24, 2.45) is 0 Å². The third-order valence-electron chi connectivity index (χ3n) is 2.08. The van der Waals surface area contributed by atoms with Gasteiger partial charge in [0.2, 0.25) is 0 Å². The Labute approximate surface area is 93.4 Å². The number of rotatable bonds is 2. The van der Waals surface area contributed by atoms with E-state index in [1.165, 1.54) is 0 Å². The Morgan fingerprint density at radius 2 is 1.73 bits per heavy atom. The second-order valence-electron chi connectivity index (χ2n) is 4.19. The molecule has 0 spiro atoms. The van der Waals surface area contributed by atoms with Crippen LogP contribution < -0.4 is 0 Å². The molecule has 0 saturated carbocycles. The van der Waals surface area contributed by atoms with Crippen LogP contribution in [-0.4, -0.2) is 10.1 Å². The molecule has 2 heteroatoms. The van der Waals surface area contributed by atoms with E-state index in [-0.39, 0.29) is 0 Å². The van der Waals surface area contributed by atoms with Crippen molar-refractivity contribution in [2.45, 2.75) is 53.1 Å². The standard InChI is InChI=1S/C11H17NO.C2H6/c1-8(2)10-6-5-9(7-12-10)11(3,4)13;1-2/h5-8,13H,1-4H3;1-2H3. The Balaban J connectivity index is 0.000000921. The highest BCUT2D eigenvalue weighted by molar-refractivity contribution is 5.20. The highest BCUT2D eigenvalue weighted by Crippen LogP contribution is 2.20. The van der Waals surface area contributed by atoms with Crippen molar-refractivity contribution >= 4 is 0 Å². The minimum absolute atomic E-state index is 0.441. The molecule has 0 bridgehead atoms. The van der Waals surface area contributed by atoms with Crippen molar-refractivity contribution in [3.63, 3.8) is 0 Å². The number of pyridine rings is 1. The predicted octanol–water partition coefficient (Wildman–Crippen LogP) is 3.46. The summed E-state index contributed by atoms with van der Waals surface area (Å²) >= 11 is 0. The molecule has 1 aromatic heterocycles. The summed E-state index contributed by atoms with van der Waals surface area (Å²) in [4.78, 5) is 4.28. The first kappa shape index (κ1) is 14.1. The third-order valence-corrected chi connectivity index (χ3v) is 2.08. The summed E-state index contributed by atoms with van der Waals surface area (Å²) in [7, 11) is 0. The van der Waals surface area contributed by atoms with Crippen LogP contribution in [0, 0.1) is 0 Å². The van der Waals surface area contributed by atoms with Crippen molar-refractivity contribution in [3.05, 3.63) is 29.6 Å². The average Bonchev–Trinajstić information content (AvgIpc) is 2.20. The fraction of sp³-hybridized carbons (Fsp3) is 0.615. The first-order chi connectivity index (χ1) is 6.91. The molecule has 0 fully saturated rings. The lowest BCUT2D eigenvalue weighted by atomic mass is 9.99. The maximum atomic E-state index is 9.68. The fourth-order valence-electron chi connectivity index (χ4n) is 1.11.